The van der Waals surface area contributed by atoms with Crippen molar-refractivity contribution in [3.63, 3.8) is 0 Å². The van der Waals surface area contributed by atoms with Crippen LogP contribution in [0.2, 0.25) is 4.34 Å². The topological polar surface area (TPSA) is 46.3 Å². The third-order valence-corrected chi connectivity index (χ3v) is 3.40. The van der Waals surface area contributed by atoms with Gasteiger partial charge in [-0.15, -0.1) is 11.3 Å². The first kappa shape index (κ1) is 12.5. The lowest BCUT2D eigenvalue weighted by atomic mass is 10.3. The Bertz CT molecular complexity index is 327. The molecule has 0 aliphatic heterocycles. The highest BCUT2D eigenvalue weighted by atomic mass is 35.5. The van der Waals surface area contributed by atoms with Crippen LogP contribution in [0.3, 0.4) is 0 Å². The predicted octanol–water partition coefficient (Wildman–Crippen LogP) is 1.75. The van der Waals surface area contributed by atoms with E-state index < -0.39 is 0 Å². The maximum atomic E-state index is 11.4. The molecule has 0 saturated carbocycles. The summed E-state index contributed by atoms with van der Waals surface area (Å²) in [7, 11) is 1.80. The molecule has 3 nitrogen and oxygen atoms in total. The first-order valence-electron chi connectivity index (χ1n) is 4.81. The zero-order valence-electron chi connectivity index (χ0n) is 8.70. The van der Waals surface area contributed by atoms with Gasteiger partial charge < -0.3 is 10.6 Å². The molecule has 5 heteroatoms. The summed E-state index contributed by atoms with van der Waals surface area (Å²) in [5.41, 5.74) is 5.31. The first-order valence-corrected chi connectivity index (χ1v) is 6.01. The van der Waals surface area contributed by atoms with Crippen molar-refractivity contribution < 1.29 is 4.79 Å². The highest BCUT2D eigenvalue weighted by molar-refractivity contribution is 7.16. The van der Waals surface area contributed by atoms with E-state index in [1.165, 1.54) is 4.88 Å². The summed E-state index contributed by atoms with van der Waals surface area (Å²) < 4.78 is 0.793. The van der Waals surface area contributed by atoms with Crippen LogP contribution in [-0.2, 0) is 11.2 Å². The number of likely N-dealkylation sites (N-methyl/N-ethyl adjacent to an activating group) is 1. The Morgan fingerprint density at radius 1 is 1.60 bits per heavy atom. The molecule has 2 N–H and O–H groups in total. The molecule has 15 heavy (non-hydrogen) atoms. The Morgan fingerprint density at radius 3 is 2.87 bits per heavy atom. The van der Waals surface area contributed by atoms with Crippen molar-refractivity contribution in [2.24, 2.45) is 5.73 Å². The van der Waals surface area contributed by atoms with E-state index in [1.807, 2.05) is 12.1 Å². The average molecular weight is 247 g/mol. The van der Waals surface area contributed by atoms with Crippen molar-refractivity contribution in [2.45, 2.75) is 12.8 Å². The van der Waals surface area contributed by atoms with Gasteiger partial charge >= 0.3 is 0 Å². The second-order valence-corrected chi connectivity index (χ2v) is 5.11. The van der Waals surface area contributed by atoms with Crippen LogP contribution in [0.15, 0.2) is 12.1 Å². The fourth-order valence-corrected chi connectivity index (χ4v) is 2.28. The zero-order valence-corrected chi connectivity index (χ0v) is 10.3. The van der Waals surface area contributed by atoms with E-state index in [0.29, 0.717) is 13.0 Å². The van der Waals surface area contributed by atoms with E-state index in [1.54, 1.807) is 23.3 Å². The number of nitrogens with two attached hydrogens (primary N) is 1. The van der Waals surface area contributed by atoms with Crippen LogP contribution in [0.25, 0.3) is 0 Å². The van der Waals surface area contributed by atoms with Crippen LogP contribution in [-0.4, -0.2) is 30.9 Å². The van der Waals surface area contributed by atoms with Gasteiger partial charge in [0.05, 0.1) is 4.34 Å². The van der Waals surface area contributed by atoms with Gasteiger partial charge in [0.25, 0.3) is 0 Å². The minimum absolute atomic E-state index is 0.0974. The lowest BCUT2D eigenvalue weighted by Gasteiger charge is -2.15. The summed E-state index contributed by atoms with van der Waals surface area (Å²) >= 11 is 7.37. The number of halogens is 1. The number of rotatable bonds is 5. The third-order valence-electron chi connectivity index (χ3n) is 2.11. The Morgan fingerprint density at radius 2 is 2.33 bits per heavy atom. The highest BCUT2D eigenvalue weighted by Gasteiger charge is 2.07. The maximum Gasteiger partial charge on any atom is 0.223 e. The molecule has 1 aromatic heterocycles. The monoisotopic (exact) mass is 246 g/mol. The van der Waals surface area contributed by atoms with Crippen LogP contribution < -0.4 is 5.73 Å². The molecule has 1 rings (SSSR count). The largest absolute Gasteiger partial charge is 0.345 e. The standard InChI is InChI=1S/C10H15ClN2OS/c1-13(10(14)4-6-12)7-5-8-2-3-9(11)15-8/h2-3H,4-7,12H2,1H3. The molecule has 1 aromatic rings. The summed E-state index contributed by atoms with van der Waals surface area (Å²) in [4.78, 5) is 14.3. The summed E-state index contributed by atoms with van der Waals surface area (Å²) in [6.07, 6.45) is 1.27. The fourth-order valence-electron chi connectivity index (χ4n) is 1.20. The van der Waals surface area contributed by atoms with Crippen LogP contribution in [0.4, 0.5) is 0 Å². The van der Waals surface area contributed by atoms with Gasteiger partial charge in [-0.05, 0) is 18.6 Å². The van der Waals surface area contributed by atoms with Gasteiger partial charge in [0.15, 0.2) is 0 Å². The van der Waals surface area contributed by atoms with Gasteiger partial charge in [-0.25, -0.2) is 0 Å². The quantitative estimate of drug-likeness (QED) is 0.861. The molecule has 0 aromatic carbocycles. The van der Waals surface area contributed by atoms with E-state index >= 15 is 0 Å². The highest BCUT2D eigenvalue weighted by Crippen LogP contribution is 2.21. The lowest BCUT2D eigenvalue weighted by molar-refractivity contribution is -0.129. The average Bonchev–Trinajstić information content (AvgIpc) is 2.61. The molecule has 0 bridgehead atoms. The van der Waals surface area contributed by atoms with Crippen molar-refractivity contribution in [2.75, 3.05) is 20.1 Å². The van der Waals surface area contributed by atoms with Crippen LogP contribution in [0.5, 0.6) is 0 Å². The van der Waals surface area contributed by atoms with Crippen molar-refractivity contribution in [1.29, 1.82) is 0 Å². The Labute approximate surface area is 98.8 Å². The van der Waals surface area contributed by atoms with Crippen molar-refractivity contribution in [3.8, 4) is 0 Å². The molecular weight excluding hydrogens is 232 g/mol. The van der Waals surface area contributed by atoms with Crippen LogP contribution >= 0.6 is 22.9 Å². The normalized spacial score (nSPS) is 10.3. The number of thiophene rings is 1. The van der Waals surface area contributed by atoms with E-state index in [4.69, 9.17) is 17.3 Å². The number of carbonyl (C=O) groups excluding carboxylic acids is 1. The number of hydrogen-bond donors (Lipinski definition) is 1. The summed E-state index contributed by atoms with van der Waals surface area (Å²) in [6.45, 7) is 1.13. The van der Waals surface area contributed by atoms with Crippen LogP contribution in [0.1, 0.15) is 11.3 Å². The lowest BCUT2D eigenvalue weighted by Crippen LogP contribution is -2.30. The van der Waals surface area contributed by atoms with Gasteiger partial charge in [-0.2, -0.15) is 0 Å². The molecule has 0 unspecified atom stereocenters. The SMILES string of the molecule is CN(CCc1ccc(Cl)s1)C(=O)CCN. The van der Waals surface area contributed by atoms with Gasteiger partial charge in [-0.1, -0.05) is 11.6 Å². The van der Waals surface area contributed by atoms with Gasteiger partial charge in [0.1, 0.15) is 0 Å². The first-order chi connectivity index (χ1) is 7.13. The summed E-state index contributed by atoms with van der Waals surface area (Å²) in [5, 5.41) is 0. The van der Waals surface area contributed by atoms with Crippen molar-refractivity contribution >= 4 is 28.8 Å². The molecule has 0 aliphatic carbocycles. The Hall–Kier alpha value is -0.580. The van der Waals surface area contributed by atoms with Crippen molar-refractivity contribution in [1.82, 2.24) is 4.90 Å². The second-order valence-electron chi connectivity index (χ2n) is 3.31. The van der Waals surface area contributed by atoms with E-state index in [9.17, 15) is 4.79 Å². The molecule has 0 aliphatic rings. The van der Waals surface area contributed by atoms with E-state index in [-0.39, 0.29) is 5.91 Å². The fraction of sp³-hybridized carbons (Fsp3) is 0.500. The molecule has 84 valence electrons. The number of carbonyl (C=O) groups is 1. The second kappa shape index (κ2) is 6.10. The minimum atomic E-state index is 0.0974. The zero-order chi connectivity index (χ0) is 11.3. The maximum absolute atomic E-state index is 11.4. The van der Waals surface area contributed by atoms with Gasteiger partial charge in [0.2, 0.25) is 5.91 Å². The summed E-state index contributed by atoms with van der Waals surface area (Å²) in [6, 6.07) is 3.87. The smallest absolute Gasteiger partial charge is 0.223 e. The molecular formula is C10H15ClN2OS. The van der Waals surface area contributed by atoms with E-state index in [0.717, 1.165) is 17.3 Å². The molecule has 0 spiro atoms. The minimum Gasteiger partial charge on any atom is -0.345 e. The molecule has 0 atom stereocenters. The van der Waals surface area contributed by atoms with Crippen molar-refractivity contribution in [3.05, 3.63) is 21.3 Å². The Kier molecular flexibility index (Phi) is 5.08. The number of amides is 1. The predicted molar refractivity (Wildman–Crippen MR) is 64.3 cm³/mol. The molecule has 0 fully saturated rings. The molecule has 0 radical (unpaired) electrons. The Balaban J connectivity index is 2.33. The van der Waals surface area contributed by atoms with Crippen LogP contribution in [0, 0.1) is 0 Å². The summed E-state index contributed by atoms with van der Waals surface area (Å²) in [5.74, 6) is 0.0974. The van der Waals surface area contributed by atoms with Gasteiger partial charge in [-0.3, -0.25) is 4.79 Å². The number of nitrogens with zero attached hydrogens (tertiary/aromatic N) is 1. The molecule has 1 amide bonds. The van der Waals surface area contributed by atoms with E-state index in [2.05, 4.69) is 0 Å². The molecule has 1 heterocycles. The van der Waals surface area contributed by atoms with Gasteiger partial charge in [0, 0.05) is 31.4 Å². The number of hydrogen-bond acceptors (Lipinski definition) is 3. The molecule has 0 saturated heterocycles. The third kappa shape index (κ3) is 4.20.